The Morgan fingerprint density at radius 3 is 2.46 bits per heavy atom. The number of rotatable bonds is 4. The number of aryl methyl sites for hydroxylation is 1. The number of likely N-dealkylation sites (tertiary alicyclic amines) is 1. The third kappa shape index (κ3) is 4.02. The molecule has 9 heteroatoms. The number of hydrogen-bond acceptors (Lipinski definition) is 3. The molecule has 41 heavy (non-hydrogen) atoms. The summed E-state index contributed by atoms with van der Waals surface area (Å²) in [7, 11) is 0. The van der Waals surface area contributed by atoms with E-state index in [1.807, 2.05) is 25.1 Å². The Labute approximate surface area is 233 Å². The first-order chi connectivity index (χ1) is 19.7. The van der Waals surface area contributed by atoms with Crippen LogP contribution in [0.5, 0.6) is 0 Å². The van der Waals surface area contributed by atoms with Crippen LogP contribution < -0.4 is 0 Å². The Morgan fingerprint density at radius 2 is 1.73 bits per heavy atom. The summed E-state index contributed by atoms with van der Waals surface area (Å²) in [6.45, 7) is 2.82. The number of fused-ring (bicyclic) bond motifs is 2. The minimum Gasteiger partial charge on any atom is -0.336 e. The summed E-state index contributed by atoms with van der Waals surface area (Å²) in [5.41, 5.74) is 3.22. The summed E-state index contributed by atoms with van der Waals surface area (Å²) in [5, 5.41) is 5.47. The zero-order valence-corrected chi connectivity index (χ0v) is 21.9. The van der Waals surface area contributed by atoms with Gasteiger partial charge in [-0.15, -0.1) is 0 Å². The van der Waals surface area contributed by atoms with E-state index in [0.717, 1.165) is 33.8 Å². The van der Waals surface area contributed by atoms with Crippen LogP contribution in [0.4, 0.5) is 17.6 Å². The Morgan fingerprint density at radius 1 is 0.976 bits per heavy atom. The number of halogens is 4. The van der Waals surface area contributed by atoms with Crippen molar-refractivity contribution < 1.29 is 22.4 Å². The lowest BCUT2D eigenvalue weighted by atomic mass is 9.86. The van der Waals surface area contributed by atoms with Crippen LogP contribution in [0, 0.1) is 18.7 Å². The number of alkyl halides is 3. The van der Waals surface area contributed by atoms with E-state index in [0.29, 0.717) is 13.1 Å². The molecule has 1 saturated heterocycles. The molecule has 206 valence electrons. The van der Waals surface area contributed by atoms with Gasteiger partial charge in [0, 0.05) is 29.8 Å². The molecular weight excluding hydrogens is 532 g/mol. The SMILES string of the molecule is Cc1cc2c(cnn2-c2ccc(F)cc2)cc1[C@]12CN(C(=O)c3cccc(C(F)(F)F)n3)C[C@H]1[C@@H]2c1ccccc1. The van der Waals surface area contributed by atoms with Gasteiger partial charge in [0.05, 0.1) is 17.4 Å². The van der Waals surface area contributed by atoms with Gasteiger partial charge < -0.3 is 4.90 Å². The van der Waals surface area contributed by atoms with Crippen molar-refractivity contribution in [2.45, 2.75) is 24.4 Å². The summed E-state index contributed by atoms with van der Waals surface area (Å²) in [4.78, 5) is 18.7. The fraction of sp³-hybridized carbons (Fsp3) is 0.219. The molecule has 3 aromatic carbocycles. The van der Waals surface area contributed by atoms with Crippen molar-refractivity contribution in [3.05, 3.63) is 125 Å². The maximum atomic E-state index is 13.5. The molecule has 1 aliphatic heterocycles. The molecule has 2 aromatic heterocycles. The number of carbonyl (C=O) groups excluding carboxylic acids is 1. The number of pyridine rings is 1. The summed E-state index contributed by atoms with van der Waals surface area (Å²) in [6, 6.07) is 23.9. The molecule has 0 N–H and O–H groups in total. The third-order valence-electron chi connectivity index (χ3n) is 8.57. The normalized spacial score (nSPS) is 21.7. The first kappa shape index (κ1) is 25.4. The molecule has 0 bridgehead atoms. The van der Waals surface area contributed by atoms with Gasteiger partial charge in [0.15, 0.2) is 0 Å². The monoisotopic (exact) mass is 556 g/mol. The Kier molecular flexibility index (Phi) is 5.58. The van der Waals surface area contributed by atoms with Crippen LogP contribution in [0.3, 0.4) is 0 Å². The van der Waals surface area contributed by atoms with Crippen LogP contribution in [0.1, 0.15) is 38.8 Å². The van der Waals surface area contributed by atoms with E-state index in [1.165, 1.54) is 29.8 Å². The number of hydrogen-bond donors (Lipinski definition) is 0. The summed E-state index contributed by atoms with van der Waals surface area (Å²) in [5.74, 6) is -0.569. The Balaban J connectivity index is 1.28. The van der Waals surface area contributed by atoms with E-state index in [9.17, 15) is 22.4 Å². The average molecular weight is 557 g/mol. The van der Waals surface area contributed by atoms with E-state index in [2.05, 4.69) is 34.3 Å². The van der Waals surface area contributed by atoms with Gasteiger partial charge in [-0.25, -0.2) is 14.1 Å². The number of piperidine rings is 1. The maximum Gasteiger partial charge on any atom is 0.433 e. The third-order valence-corrected chi connectivity index (χ3v) is 8.57. The van der Waals surface area contributed by atoms with Crippen LogP contribution in [0.2, 0.25) is 0 Å². The van der Waals surface area contributed by atoms with Gasteiger partial charge >= 0.3 is 6.18 Å². The number of benzene rings is 3. The van der Waals surface area contributed by atoms with Crippen LogP contribution >= 0.6 is 0 Å². The van der Waals surface area contributed by atoms with Gasteiger partial charge in [0.2, 0.25) is 0 Å². The molecule has 1 aliphatic carbocycles. The van der Waals surface area contributed by atoms with E-state index in [1.54, 1.807) is 27.9 Å². The Bertz CT molecular complexity index is 1800. The molecule has 5 aromatic rings. The molecule has 0 spiro atoms. The fourth-order valence-electron chi connectivity index (χ4n) is 6.76. The quantitative estimate of drug-likeness (QED) is 0.232. The molecule has 2 fully saturated rings. The largest absolute Gasteiger partial charge is 0.433 e. The highest BCUT2D eigenvalue weighted by Crippen LogP contribution is 2.69. The van der Waals surface area contributed by atoms with Crippen molar-refractivity contribution >= 4 is 16.8 Å². The molecule has 3 heterocycles. The second kappa shape index (κ2) is 8.99. The van der Waals surface area contributed by atoms with Gasteiger partial charge in [-0.3, -0.25) is 4.79 Å². The number of aromatic nitrogens is 3. The lowest BCUT2D eigenvalue weighted by Crippen LogP contribution is -2.35. The van der Waals surface area contributed by atoms with Crippen LogP contribution in [-0.2, 0) is 11.6 Å². The van der Waals surface area contributed by atoms with Crippen molar-refractivity contribution in [3.8, 4) is 5.69 Å². The summed E-state index contributed by atoms with van der Waals surface area (Å²) >= 11 is 0. The van der Waals surface area contributed by atoms with E-state index in [-0.39, 0.29) is 23.3 Å². The second-order valence-electron chi connectivity index (χ2n) is 10.9. The highest BCUT2D eigenvalue weighted by atomic mass is 19.4. The van der Waals surface area contributed by atoms with Crippen molar-refractivity contribution in [2.24, 2.45) is 5.92 Å². The van der Waals surface area contributed by atoms with Gasteiger partial charge in [-0.2, -0.15) is 18.3 Å². The minimum absolute atomic E-state index is 0.0999. The highest BCUT2D eigenvalue weighted by molar-refractivity contribution is 5.93. The molecule has 2 aliphatic rings. The smallest absolute Gasteiger partial charge is 0.336 e. The predicted octanol–water partition coefficient (Wildman–Crippen LogP) is 6.69. The molecule has 1 amide bonds. The van der Waals surface area contributed by atoms with Crippen LogP contribution in [0.25, 0.3) is 16.6 Å². The molecule has 0 radical (unpaired) electrons. The lowest BCUT2D eigenvalue weighted by molar-refractivity contribution is -0.141. The topological polar surface area (TPSA) is 51.0 Å². The van der Waals surface area contributed by atoms with E-state index in [4.69, 9.17) is 0 Å². The fourth-order valence-corrected chi connectivity index (χ4v) is 6.76. The molecule has 1 saturated carbocycles. The number of carbonyl (C=O) groups is 1. The first-order valence-corrected chi connectivity index (χ1v) is 13.3. The van der Waals surface area contributed by atoms with Crippen molar-refractivity contribution in [1.82, 2.24) is 19.7 Å². The van der Waals surface area contributed by atoms with E-state index >= 15 is 0 Å². The average Bonchev–Trinajstić information content (AvgIpc) is 3.22. The second-order valence-corrected chi connectivity index (χ2v) is 10.9. The zero-order valence-electron chi connectivity index (χ0n) is 21.9. The minimum atomic E-state index is -4.63. The summed E-state index contributed by atoms with van der Waals surface area (Å²) in [6.07, 6.45) is -2.86. The number of nitrogens with zero attached hydrogens (tertiary/aromatic N) is 4. The maximum absolute atomic E-state index is 13.5. The van der Waals surface area contributed by atoms with Crippen molar-refractivity contribution in [1.29, 1.82) is 0 Å². The van der Waals surface area contributed by atoms with E-state index < -0.39 is 23.2 Å². The summed E-state index contributed by atoms with van der Waals surface area (Å²) < 4.78 is 55.1. The molecule has 7 rings (SSSR count). The van der Waals surface area contributed by atoms with Crippen molar-refractivity contribution in [2.75, 3.05) is 13.1 Å². The first-order valence-electron chi connectivity index (χ1n) is 13.3. The van der Waals surface area contributed by atoms with Gasteiger partial charge in [0.1, 0.15) is 17.2 Å². The standard InChI is InChI=1S/C32H24F4N4O/c1-19-14-27-21(16-37-40(27)23-12-10-22(33)11-13-23)15-24(19)31-18-39(17-25(31)29(31)20-6-3-2-4-7-20)30(41)26-8-5-9-28(38-26)32(34,35)36/h2-16,25,29H,17-18H2,1H3/t25-,29-,31+/m0/s1. The molecule has 0 unspecified atom stereocenters. The number of amides is 1. The van der Waals surface area contributed by atoms with Gasteiger partial charge in [0.25, 0.3) is 5.91 Å². The molecule has 3 atom stereocenters. The van der Waals surface area contributed by atoms with Gasteiger partial charge in [-0.1, -0.05) is 36.4 Å². The predicted molar refractivity (Wildman–Crippen MR) is 145 cm³/mol. The highest BCUT2D eigenvalue weighted by Gasteiger charge is 2.71. The van der Waals surface area contributed by atoms with Gasteiger partial charge in [-0.05, 0) is 78.1 Å². The Hall–Kier alpha value is -4.53. The molecule has 5 nitrogen and oxygen atoms in total. The zero-order chi connectivity index (χ0) is 28.5. The van der Waals surface area contributed by atoms with Crippen LogP contribution in [-0.4, -0.2) is 38.7 Å². The van der Waals surface area contributed by atoms with Crippen LogP contribution in [0.15, 0.2) is 91.1 Å². The molecular formula is C32H24F4N4O. The van der Waals surface area contributed by atoms with Crippen molar-refractivity contribution in [3.63, 3.8) is 0 Å². The lowest BCUT2D eigenvalue weighted by Gasteiger charge is -2.26.